The summed E-state index contributed by atoms with van der Waals surface area (Å²) in [5, 5.41) is 16.8. The first kappa shape index (κ1) is 20.1. The van der Waals surface area contributed by atoms with Crippen LogP contribution in [-0.2, 0) is 9.59 Å². The average Bonchev–Trinajstić information content (AvgIpc) is 3.14. The highest BCUT2D eigenvalue weighted by atomic mass is 19.1. The Morgan fingerprint density at radius 2 is 1.84 bits per heavy atom. The van der Waals surface area contributed by atoms with Gasteiger partial charge in [-0.15, -0.1) is 5.10 Å². The average molecular weight is 426 g/mol. The maximum atomic E-state index is 14.2. The molecule has 1 aromatic carbocycles. The molecule has 2 N–H and O–H groups in total. The van der Waals surface area contributed by atoms with Crippen LogP contribution in [0.5, 0.6) is 0 Å². The first-order chi connectivity index (χ1) is 14.9. The van der Waals surface area contributed by atoms with E-state index in [1.54, 1.807) is 13.0 Å². The molecule has 4 aliphatic rings. The summed E-state index contributed by atoms with van der Waals surface area (Å²) in [5.74, 6) is 1.84. The number of amides is 2. The van der Waals surface area contributed by atoms with Crippen LogP contribution in [0.15, 0.2) is 18.2 Å². The van der Waals surface area contributed by atoms with Crippen molar-refractivity contribution in [1.82, 2.24) is 25.5 Å². The van der Waals surface area contributed by atoms with Gasteiger partial charge in [0.25, 0.3) is 0 Å². The summed E-state index contributed by atoms with van der Waals surface area (Å²) in [7, 11) is 0. The molecular formula is C22H27FN6O2. The zero-order chi connectivity index (χ0) is 21.6. The number of nitrogens with one attached hydrogen (secondary N) is 2. The van der Waals surface area contributed by atoms with Crippen molar-refractivity contribution in [2.24, 2.45) is 23.2 Å². The Morgan fingerprint density at radius 1 is 1.16 bits per heavy atom. The van der Waals surface area contributed by atoms with Gasteiger partial charge in [-0.05, 0) is 91.8 Å². The molecule has 4 aliphatic carbocycles. The number of benzene rings is 1. The zero-order valence-corrected chi connectivity index (χ0v) is 17.6. The smallest absolute Gasteiger partial charge is 0.226 e. The van der Waals surface area contributed by atoms with Crippen molar-refractivity contribution in [3.05, 3.63) is 29.8 Å². The summed E-state index contributed by atoms with van der Waals surface area (Å²) in [6, 6.07) is 4.30. The van der Waals surface area contributed by atoms with Gasteiger partial charge in [-0.2, -0.15) is 4.68 Å². The summed E-state index contributed by atoms with van der Waals surface area (Å²) in [6.07, 6.45) is 6.91. The van der Waals surface area contributed by atoms with Crippen LogP contribution in [0.3, 0.4) is 0 Å². The second kappa shape index (κ2) is 7.69. The number of aromatic nitrogens is 4. The molecule has 2 amide bonds. The van der Waals surface area contributed by atoms with Crippen LogP contribution in [0.2, 0.25) is 0 Å². The Balaban J connectivity index is 1.17. The minimum atomic E-state index is -0.541. The molecule has 31 heavy (non-hydrogen) atoms. The summed E-state index contributed by atoms with van der Waals surface area (Å²) in [4.78, 5) is 25.4. The Hall–Kier alpha value is -2.84. The molecule has 6 rings (SSSR count). The van der Waals surface area contributed by atoms with Crippen molar-refractivity contribution < 1.29 is 14.0 Å². The molecule has 0 aliphatic heterocycles. The van der Waals surface area contributed by atoms with Crippen molar-refractivity contribution in [1.29, 1.82) is 0 Å². The van der Waals surface area contributed by atoms with Crippen molar-refractivity contribution in [2.45, 2.75) is 51.9 Å². The standard InChI is InChI=1S/C22H27FN6O2/c1-13-26-27-28-29(13)17-2-3-18(23)19(9-17)25-20(30)4-5-24-21(31)22-10-14-6-15(11-22)8-16(7-14)12-22/h2-3,9,14-16H,4-8,10-12H2,1H3,(H,24,31)(H,25,30). The summed E-state index contributed by atoms with van der Waals surface area (Å²) in [5.41, 5.74) is 0.383. The van der Waals surface area contributed by atoms with Crippen molar-refractivity contribution in [3.63, 3.8) is 0 Å². The molecule has 0 spiro atoms. The van der Waals surface area contributed by atoms with Crippen LogP contribution in [0.1, 0.15) is 50.8 Å². The van der Waals surface area contributed by atoms with Gasteiger partial charge in [0.15, 0.2) is 5.82 Å². The van der Waals surface area contributed by atoms with Gasteiger partial charge in [0, 0.05) is 18.4 Å². The Morgan fingerprint density at radius 3 is 2.45 bits per heavy atom. The van der Waals surface area contributed by atoms with E-state index < -0.39 is 5.82 Å². The predicted octanol–water partition coefficient (Wildman–Crippen LogP) is 2.77. The predicted molar refractivity (Wildman–Crippen MR) is 111 cm³/mol. The monoisotopic (exact) mass is 426 g/mol. The zero-order valence-electron chi connectivity index (χ0n) is 17.6. The second-order valence-electron chi connectivity index (χ2n) is 9.55. The molecule has 4 saturated carbocycles. The molecule has 8 nitrogen and oxygen atoms in total. The normalized spacial score (nSPS) is 28.5. The minimum absolute atomic E-state index is 0.0600. The lowest BCUT2D eigenvalue weighted by Crippen LogP contribution is -2.53. The van der Waals surface area contributed by atoms with E-state index in [4.69, 9.17) is 0 Å². The Kier molecular flexibility index (Phi) is 4.98. The lowest BCUT2D eigenvalue weighted by Gasteiger charge is -2.55. The number of tetrazole rings is 1. The molecule has 0 atom stereocenters. The number of hydrogen-bond donors (Lipinski definition) is 2. The van der Waals surface area contributed by atoms with Crippen LogP contribution in [-0.4, -0.2) is 38.6 Å². The van der Waals surface area contributed by atoms with Crippen molar-refractivity contribution in [2.75, 3.05) is 11.9 Å². The van der Waals surface area contributed by atoms with Crippen LogP contribution in [0, 0.1) is 35.9 Å². The molecule has 2 aromatic rings. The quantitative estimate of drug-likeness (QED) is 0.740. The van der Waals surface area contributed by atoms with E-state index in [0.29, 0.717) is 29.3 Å². The summed E-state index contributed by atoms with van der Waals surface area (Å²) in [6.45, 7) is 1.98. The molecule has 0 unspecified atom stereocenters. The summed E-state index contributed by atoms with van der Waals surface area (Å²) < 4.78 is 15.7. The fourth-order valence-corrected chi connectivity index (χ4v) is 6.29. The van der Waals surface area contributed by atoms with E-state index in [9.17, 15) is 14.0 Å². The maximum absolute atomic E-state index is 14.2. The van der Waals surface area contributed by atoms with Crippen LogP contribution >= 0.6 is 0 Å². The van der Waals surface area contributed by atoms with E-state index in [2.05, 4.69) is 26.2 Å². The molecule has 9 heteroatoms. The number of anilines is 1. The molecule has 4 fully saturated rings. The van der Waals surface area contributed by atoms with Crippen molar-refractivity contribution >= 4 is 17.5 Å². The van der Waals surface area contributed by atoms with Crippen molar-refractivity contribution in [3.8, 4) is 5.69 Å². The highest BCUT2D eigenvalue weighted by Crippen LogP contribution is 2.60. The summed E-state index contributed by atoms with van der Waals surface area (Å²) >= 11 is 0. The van der Waals surface area contributed by atoms with E-state index in [0.717, 1.165) is 19.3 Å². The number of carbonyl (C=O) groups is 2. The first-order valence-electron chi connectivity index (χ1n) is 11.0. The molecule has 0 saturated heterocycles. The molecule has 1 aromatic heterocycles. The molecule has 4 bridgehead atoms. The number of hydrogen-bond acceptors (Lipinski definition) is 5. The third-order valence-corrected chi connectivity index (χ3v) is 7.25. The number of aryl methyl sites for hydroxylation is 1. The second-order valence-corrected chi connectivity index (χ2v) is 9.55. The van der Waals surface area contributed by atoms with Gasteiger partial charge in [-0.1, -0.05) is 0 Å². The van der Waals surface area contributed by atoms with Gasteiger partial charge in [0.05, 0.1) is 11.4 Å². The third kappa shape index (κ3) is 3.81. The molecule has 0 radical (unpaired) electrons. The number of halogens is 1. The molecule has 164 valence electrons. The van der Waals surface area contributed by atoms with Gasteiger partial charge in [-0.3, -0.25) is 9.59 Å². The number of carbonyl (C=O) groups excluding carboxylic acids is 2. The van der Waals surface area contributed by atoms with Crippen LogP contribution in [0.4, 0.5) is 10.1 Å². The Labute approximate surface area is 180 Å². The fourth-order valence-electron chi connectivity index (χ4n) is 6.29. The van der Waals surface area contributed by atoms with E-state index >= 15 is 0 Å². The third-order valence-electron chi connectivity index (χ3n) is 7.25. The molecule has 1 heterocycles. The van der Waals surface area contributed by atoms with Gasteiger partial charge >= 0.3 is 0 Å². The van der Waals surface area contributed by atoms with Crippen LogP contribution < -0.4 is 10.6 Å². The maximum Gasteiger partial charge on any atom is 0.226 e. The topological polar surface area (TPSA) is 102 Å². The largest absolute Gasteiger partial charge is 0.355 e. The lowest BCUT2D eigenvalue weighted by molar-refractivity contribution is -0.146. The van der Waals surface area contributed by atoms with Gasteiger partial charge in [0.2, 0.25) is 11.8 Å². The van der Waals surface area contributed by atoms with Crippen LogP contribution in [0.25, 0.3) is 5.69 Å². The lowest BCUT2D eigenvalue weighted by atomic mass is 9.49. The van der Waals surface area contributed by atoms with E-state index in [1.807, 2.05) is 0 Å². The minimum Gasteiger partial charge on any atom is -0.355 e. The highest BCUT2D eigenvalue weighted by molar-refractivity contribution is 5.92. The van der Waals surface area contributed by atoms with Gasteiger partial charge in [0.1, 0.15) is 5.82 Å². The highest BCUT2D eigenvalue weighted by Gasteiger charge is 2.54. The van der Waals surface area contributed by atoms with E-state index in [-0.39, 0.29) is 35.9 Å². The number of nitrogens with zero attached hydrogens (tertiary/aromatic N) is 4. The van der Waals surface area contributed by atoms with E-state index in [1.165, 1.54) is 36.1 Å². The van der Waals surface area contributed by atoms with Gasteiger partial charge in [-0.25, -0.2) is 4.39 Å². The Bertz CT molecular complexity index is 984. The first-order valence-corrected chi connectivity index (χ1v) is 11.0. The SMILES string of the molecule is Cc1nnnn1-c1ccc(F)c(NC(=O)CCNC(=O)C23CC4CC(CC(C4)C2)C3)c1. The molecular weight excluding hydrogens is 399 g/mol. The number of rotatable bonds is 6. The fraction of sp³-hybridized carbons (Fsp3) is 0.591. The van der Waals surface area contributed by atoms with Gasteiger partial charge < -0.3 is 10.6 Å².